The molecular weight excluding hydrogens is 761 g/mol. The van der Waals surface area contributed by atoms with Gasteiger partial charge in [-0.25, -0.2) is 10.4 Å². The van der Waals surface area contributed by atoms with Crippen molar-refractivity contribution in [3.8, 4) is 0 Å². The maximum absolute atomic E-state index is 13.5. The highest BCUT2D eigenvalue weighted by atomic mass is 16.6. The number of anilines is 5. The summed E-state index contributed by atoms with van der Waals surface area (Å²) in [7, 11) is 0. The van der Waals surface area contributed by atoms with Crippen molar-refractivity contribution in [2.75, 3.05) is 22.9 Å². The van der Waals surface area contributed by atoms with E-state index in [-0.39, 0.29) is 16.6 Å². The highest BCUT2D eigenvalue weighted by Crippen LogP contribution is 2.48. The number of fused-ring (bicyclic) bond motifs is 1. The molecule has 1 N–H and O–H groups in total. The van der Waals surface area contributed by atoms with E-state index in [1.54, 1.807) is 0 Å². The zero-order valence-electron chi connectivity index (χ0n) is 35.0. The van der Waals surface area contributed by atoms with Crippen LogP contribution in [0, 0.1) is 25.6 Å². The maximum Gasteiger partial charge on any atom is 0.354 e. The summed E-state index contributed by atoms with van der Waals surface area (Å²) in [5.74, 6) is 0. The van der Waals surface area contributed by atoms with Gasteiger partial charge in [0, 0.05) is 47.2 Å². The SMILES string of the molecule is CCC1=C2C(c3ccc(N(c4ccccc4)c4ccccc4)cc3)=C([N+](=O)[O-])C([N+](=O)[O-])=C(c3ccc(N(C4=CCCC=C4)c4ccccc4)cc3)C2NN(CC(C)(C)C)C1. The van der Waals surface area contributed by atoms with E-state index in [9.17, 15) is 20.2 Å². The quantitative estimate of drug-likeness (QED) is 0.0980. The smallest absolute Gasteiger partial charge is 0.311 e. The van der Waals surface area contributed by atoms with E-state index in [1.165, 1.54) is 0 Å². The van der Waals surface area contributed by atoms with Gasteiger partial charge in [0.15, 0.2) is 0 Å². The lowest BCUT2D eigenvalue weighted by Gasteiger charge is -2.42. The van der Waals surface area contributed by atoms with Crippen LogP contribution in [0.2, 0.25) is 0 Å². The zero-order valence-corrected chi connectivity index (χ0v) is 35.0. The molecule has 1 heterocycles. The molecule has 0 amide bonds. The Morgan fingerprint density at radius 1 is 0.639 bits per heavy atom. The first-order valence-corrected chi connectivity index (χ1v) is 20.9. The molecule has 0 aromatic heterocycles. The predicted molar refractivity (Wildman–Crippen MR) is 246 cm³/mol. The van der Waals surface area contributed by atoms with Crippen molar-refractivity contribution < 1.29 is 9.85 Å². The summed E-state index contributed by atoms with van der Waals surface area (Å²) in [6.07, 6.45) is 8.96. The number of hydrogen-bond donors (Lipinski definition) is 1. The normalized spacial score (nSPS) is 16.9. The third-order valence-electron chi connectivity index (χ3n) is 11.2. The standard InChI is InChI=1S/C51H50N6O4/c1-5-36-34-53(35-51(2,3)4)52-48-45(36)46(37-26-30-43(31-27-37)54(39-18-10-6-11-19-39)40-20-12-7-13-21-40)49(56(58)59)50(57(60)61)47(48)38-28-32-44(33-29-38)55(41-22-14-8-15-23-41)42-24-16-9-17-25-42/h6-8,10-16,18-33,48,52H,5,9,17,34-35H2,1-4H3. The molecule has 308 valence electrons. The van der Waals surface area contributed by atoms with Crippen molar-refractivity contribution in [3.05, 3.63) is 217 Å². The molecule has 61 heavy (non-hydrogen) atoms. The number of para-hydroxylation sites is 3. The number of hydrazine groups is 1. The number of allylic oxidation sites excluding steroid dienone is 3. The van der Waals surface area contributed by atoms with Gasteiger partial charge in [0.05, 0.1) is 27.0 Å². The second kappa shape index (κ2) is 17.4. The van der Waals surface area contributed by atoms with Crippen molar-refractivity contribution >= 4 is 39.6 Å². The van der Waals surface area contributed by atoms with Crippen LogP contribution in [-0.2, 0) is 0 Å². The molecule has 0 saturated carbocycles. The van der Waals surface area contributed by atoms with Gasteiger partial charge in [0.25, 0.3) is 0 Å². The number of hydrogen-bond acceptors (Lipinski definition) is 8. The second-order valence-corrected chi connectivity index (χ2v) is 16.7. The molecule has 0 spiro atoms. The van der Waals surface area contributed by atoms with E-state index in [0.717, 1.165) is 52.5 Å². The third-order valence-corrected chi connectivity index (χ3v) is 11.2. The van der Waals surface area contributed by atoms with E-state index in [4.69, 9.17) is 0 Å². The molecule has 1 unspecified atom stereocenters. The summed E-state index contributed by atoms with van der Waals surface area (Å²) in [5.41, 5.74) is 11.5. The highest BCUT2D eigenvalue weighted by molar-refractivity contribution is 5.96. The first kappa shape index (κ1) is 40.9. The van der Waals surface area contributed by atoms with Crippen molar-refractivity contribution in [1.82, 2.24) is 10.4 Å². The highest BCUT2D eigenvalue weighted by Gasteiger charge is 2.50. The van der Waals surface area contributed by atoms with Crippen LogP contribution < -0.4 is 15.2 Å². The van der Waals surface area contributed by atoms with Gasteiger partial charge in [-0.1, -0.05) is 119 Å². The lowest BCUT2D eigenvalue weighted by atomic mass is 9.75. The van der Waals surface area contributed by atoms with E-state index >= 15 is 0 Å². The van der Waals surface area contributed by atoms with Gasteiger partial charge in [0.1, 0.15) is 0 Å². The average molecular weight is 811 g/mol. The number of nitrogens with zero attached hydrogens (tertiary/aromatic N) is 5. The molecule has 0 fully saturated rings. The lowest BCUT2D eigenvalue weighted by molar-refractivity contribution is -0.478. The van der Waals surface area contributed by atoms with Crippen LogP contribution in [-0.4, -0.2) is 34.0 Å². The molecule has 2 aliphatic carbocycles. The molecule has 1 aliphatic heterocycles. The van der Waals surface area contributed by atoms with Gasteiger partial charge in [-0.05, 0) is 114 Å². The van der Waals surface area contributed by atoms with Gasteiger partial charge in [0.2, 0.25) is 0 Å². The summed E-state index contributed by atoms with van der Waals surface area (Å²) in [5, 5.41) is 29.1. The van der Waals surface area contributed by atoms with Gasteiger partial charge in [-0.2, -0.15) is 0 Å². The van der Waals surface area contributed by atoms with Crippen LogP contribution in [0.15, 0.2) is 186 Å². The Balaban J connectivity index is 1.32. The minimum absolute atomic E-state index is 0.109. The van der Waals surface area contributed by atoms with E-state index in [2.05, 4.69) is 66.2 Å². The van der Waals surface area contributed by atoms with Crippen molar-refractivity contribution in [2.45, 2.75) is 53.0 Å². The lowest BCUT2D eigenvalue weighted by Crippen LogP contribution is -2.54. The minimum Gasteiger partial charge on any atom is -0.311 e. The molecule has 0 saturated heterocycles. The first-order valence-electron chi connectivity index (χ1n) is 20.9. The van der Waals surface area contributed by atoms with Crippen molar-refractivity contribution in [3.63, 3.8) is 0 Å². The molecule has 0 radical (unpaired) electrons. The summed E-state index contributed by atoms with van der Waals surface area (Å²) >= 11 is 0. The molecule has 5 aromatic carbocycles. The number of rotatable bonds is 12. The van der Waals surface area contributed by atoms with Gasteiger partial charge in [-0.3, -0.25) is 20.2 Å². The summed E-state index contributed by atoms with van der Waals surface area (Å²) in [4.78, 5) is 30.2. The fourth-order valence-corrected chi connectivity index (χ4v) is 8.75. The van der Waals surface area contributed by atoms with E-state index in [0.29, 0.717) is 36.2 Å². The van der Waals surface area contributed by atoms with Gasteiger partial charge >= 0.3 is 11.4 Å². The Labute approximate surface area is 357 Å². The second-order valence-electron chi connectivity index (χ2n) is 16.7. The Kier molecular flexibility index (Phi) is 11.6. The van der Waals surface area contributed by atoms with Crippen LogP contribution in [0.4, 0.5) is 28.4 Å². The summed E-state index contributed by atoms with van der Waals surface area (Å²) < 4.78 is 0. The molecule has 5 aromatic rings. The Morgan fingerprint density at radius 2 is 1.13 bits per heavy atom. The van der Waals surface area contributed by atoms with Crippen LogP contribution >= 0.6 is 0 Å². The van der Waals surface area contributed by atoms with Crippen molar-refractivity contribution in [1.29, 1.82) is 0 Å². The van der Waals surface area contributed by atoms with E-state index in [1.807, 2.05) is 140 Å². The molecule has 8 rings (SSSR count). The fourth-order valence-electron chi connectivity index (χ4n) is 8.75. The number of nitro groups is 2. The molecule has 1 atom stereocenters. The Bertz CT molecular complexity index is 2530. The molecular formula is C51H50N6O4. The minimum atomic E-state index is -0.741. The monoisotopic (exact) mass is 810 g/mol. The molecule has 3 aliphatic rings. The fraction of sp³-hybridized carbons (Fsp3) is 0.216. The number of benzene rings is 5. The Morgan fingerprint density at radius 3 is 1.61 bits per heavy atom. The van der Waals surface area contributed by atoms with Crippen LogP contribution in [0.3, 0.4) is 0 Å². The number of nitrogens with one attached hydrogen (secondary N) is 1. The maximum atomic E-state index is 13.5. The van der Waals surface area contributed by atoms with Crippen LogP contribution in [0.1, 0.15) is 58.1 Å². The largest absolute Gasteiger partial charge is 0.354 e. The topological polar surface area (TPSA) is 108 Å². The van der Waals surface area contributed by atoms with Crippen LogP contribution in [0.25, 0.3) is 11.1 Å². The van der Waals surface area contributed by atoms with E-state index < -0.39 is 27.3 Å². The first-order chi connectivity index (χ1) is 29.5. The molecule has 10 heteroatoms. The average Bonchev–Trinajstić information content (AvgIpc) is 3.27. The third kappa shape index (κ3) is 8.46. The summed E-state index contributed by atoms with van der Waals surface area (Å²) in [6.45, 7) is 9.67. The Hall–Kier alpha value is -6.88. The molecule has 0 bridgehead atoms. The van der Waals surface area contributed by atoms with Gasteiger partial charge < -0.3 is 9.80 Å². The van der Waals surface area contributed by atoms with Crippen molar-refractivity contribution in [2.24, 2.45) is 5.41 Å². The predicted octanol–water partition coefficient (Wildman–Crippen LogP) is 12.2. The zero-order chi connectivity index (χ0) is 42.7. The molecule has 10 nitrogen and oxygen atoms in total. The summed E-state index contributed by atoms with van der Waals surface area (Å²) in [6, 6.07) is 44.5. The van der Waals surface area contributed by atoms with Crippen LogP contribution in [0.5, 0.6) is 0 Å². The van der Waals surface area contributed by atoms with Gasteiger partial charge in [-0.15, -0.1) is 0 Å².